The molecule has 2 heterocycles. The van der Waals surface area contributed by atoms with Crippen molar-refractivity contribution in [2.75, 3.05) is 5.32 Å². The number of benzene rings is 2. The number of carbonyl (C=O) groups excluding carboxylic acids is 1. The lowest BCUT2D eigenvalue weighted by Crippen LogP contribution is -2.16. The predicted octanol–water partition coefficient (Wildman–Crippen LogP) is 2.45. The lowest BCUT2D eigenvalue weighted by molar-refractivity contribution is 0.102. The zero-order chi connectivity index (χ0) is 18.1. The summed E-state index contributed by atoms with van der Waals surface area (Å²) in [5.41, 5.74) is 1.90. The second-order valence-electron chi connectivity index (χ2n) is 5.56. The van der Waals surface area contributed by atoms with Crippen molar-refractivity contribution in [2.45, 2.75) is 0 Å². The predicted molar refractivity (Wildman–Crippen MR) is 93.9 cm³/mol. The molecule has 0 atom stereocenters. The molecular formula is C18H13N5O3. The maximum Gasteiger partial charge on any atom is 0.274 e. The summed E-state index contributed by atoms with van der Waals surface area (Å²) in [4.78, 5) is 16.8. The van der Waals surface area contributed by atoms with Gasteiger partial charge in [-0.25, -0.2) is 0 Å². The van der Waals surface area contributed by atoms with Gasteiger partial charge in [0.05, 0.1) is 12.4 Å². The lowest BCUT2D eigenvalue weighted by atomic mass is 10.2. The standard InChI is InChI=1S/C18H13N5O3/c24-13-5-1-11(2-6-13)17-22-21-16-10-19-9-15(23(16)17)18(26)20-12-3-7-14(25)8-4-12/h1-10,24-25H,(H,20,26). The molecule has 0 spiro atoms. The number of amides is 1. The van der Waals surface area contributed by atoms with Crippen LogP contribution in [0.15, 0.2) is 60.9 Å². The zero-order valence-corrected chi connectivity index (χ0v) is 13.4. The van der Waals surface area contributed by atoms with Crippen LogP contribution in [0.3, 0.4) is 0 Å². The zero-order valence-electron chi connectivity index (χ0n) is 13.4. The van der Waals surface area contributed by atoms with Crippen LogP contribution in [0, 0.1) is 0 Å². The fourth-order valence-electron chi connectivity index (χ4n) is 2.55. The molecule has 3 N–H and O–H groups in total. The Morgan fingerprint density at radius 2 is 1.54 bits per heavy atom. The molecule has 4 rings (SSSR count). The highest BCUT2D eigenvalue weighted by Crippen LogP contribution is 2.22. The van der Waals surface area contributed by atoms with Gasteiger partial charge in [-0.3, -0.25) is 14.2 Å². The second kappa shape index (κ2) is 6.17. The Hall–Kier alpha value is -3.94. The highest BCUT2D eigenvalue weighted by molar-refractivity contribution is 6.03. The van der Waals surface area contributed by atoms with Crippen LogP contribution in [0.5, 0.6) is 11.5 Å². The number of phenols is 2. The molecule has 8 heteroatoms. The molecule has 128 valence electrons. The van der Waals surface area contributed by atoms with Gasteiger partial charge in [0.25, 0.3) is 5.91 Å². The SMILES string of the molecule is O=C(Nc1ccc(O)cc1)c1cncc2nnc(-c3ccc(O)cc3)n12. The normalized spacial score (nSPS) is 10.8. The summed E-state index contributed by atoms with van der Waals surface area (Å²) in [7, 11) is 0. The van der Waals surface area contributed by atoms with E-state index in [1.54, 1.807) is 28.7 Å². The Labute approximate surface area is 147 Å². The first-order valence-corrected chi connectivity index (χ1v) is 7.71. The maximum absolute atomic E-state index is 12.7. The van der Waals surface area contributed by atoms with Crippen LogP contribution in [0.25, 0.3) is 17.0 Å². The van der Waals surface area contributed by atoms with E-state index in [4.69, 9.17) is 0 Å². The Morgan fingerprint density at radius 1 is 0.885 bits per heavy atom. The highest BCUT2D eigenvalue weighted by atomic mass is 16.3. The summed E-state index contributed by atoms with van der Waals surface area (Å²) >= 11 is 0. The van der Waals surface area contributed by atoms with Crippen molar-refractivity contribution in [1.82, 2.24) is 19.6 Å². The summed E-state index contributed by atoms with van der Waals surface area (Å²) in [5.74, 6) is 0.307. The first kappa shape index (κ1) is 15.6. The van der Waals surface area contributed by atoms with Crippen LogP contribution >= 0.6 is 0 Å². The van der Waals surface area contributed by atoms with Gasteiger partial charge in [-0.15, -0.1) is 10.2 Å². The summed E-state index contributed by atoms with van der Waals surface area (Å²) in [6.07, 6.45) is 2.93. The molecular weight excluding hydrogens is 334 g/mol. The molecule has 0 fully saturated rings. The molecule has 0 unspecified atom stereocenters. The van der Waals surface area contributed by atoms with E-state index in [9.17, 15) is 15.0 Å². The molecule has 0 saturated carbocycles. The number of carbonyl (C=O) groups is 1. The van der Waals surface area contributed by atoms with Gasteiger partial charge in [-0.2, -0.15) is 0 Å². The third-order valence-corrected chi connectivity index (χ3v) is 3.80. The van der Waals surface area contributed by atoms with E-state index in [1.165, 1.54) is 36.7 Å². The number of nitrogens with one attached hydrogen (secondary N) is 1. The molecule has 0 radical (unpaired) electrons. The number of aromatic nitrogens is 4. The van der Waals surface area contributed by atoms with Crippen LogP contribution < -0.4 is 5.32 Å². The van der Waals surface area contributed by atoms with Crippen molar-refractivity contribution >= 4 is 17.2 Å². The molecule has 2 aromatic carbocycles. The Morgan fingerprint density at radius 3 is 2.23 bits per heavy atom. The Balaban J connectivity index is 1.77. The van der Waals surface area contributed by atoms with Crippen LogP contribution in [0.1, 0.15) is 10.5 Å². The minimum absolute atomic E-state index is 0.111. The number of nitrogens with zero attached hydrogens (tertiary/aromatic N) is 4. The van der Waals surface area contributed by atoms with Crippen LogP contribution in [0.2, 0.25) is 0 Å². The summed E-state index contributed by atoms with van der Waals surface area (Å²) in [6.45, 7) is 0. The molecule has 2 aromatic heterocycles. The number of aromatic hydroxyl groups is 2. The average Bonchev–Trinajstić information content (AvgIpc) is 3.08. The van der Waals surface area contributed by atoms with Gasteiger partial charge < -0.3 is 15.5 Å². The van der Waals surface area contributed by atoms with Crippen LogP contribution in [-0.2, 0) is 0 Å². The minimum atomic E-state index is -0.395. The number of rotatable bonds is 3. The van der Waals surface area contributed by atoms with E-state index in [-0.39, 0.29) is 17.2 Å². The Bertz CT molecular complexity index is 1090. The molecule has 0 aliphatic rings. The third kappa shape index (κ3) is 2.80. The summed E-state index contributed by atoms with van der Waals surface area (Å²) in [6, 6.07) is 12.6. The fraction of sp³-hybridized carbons (Fsp3) is 0. The topological polar surface area (TPSA) is 113 Å². The number of phenolic OH excluding ortho intramolecular Hbond substituents is 2. The fourth-order valence-corrected chi connectivity index (χ4v) is 2.55. The van der Waals surface area contributed by atoms with Crippen LogP contribution in [-0.4, -0.2) is 35.7 Å². The van der Waals surface area contributed by atoms with E-state index >= 15 is 0 Å². The quantitative estimate of drug-likeness (QED) is 0.491. The molecule has 26 heavy (non-hydrogen) atoms. The highest BCUT2D eigenvalue weighted by Gasteiger charge is 2.17. The van der Waals surface area contributed by atoms with Gasteiger partial charge in [0.1, 0.15) is 17.2 Å². The Kier molecular flexibility index (Phi) is 3.70. The first-order valence-electron chi connectivity index (χ1n) is 7.71. The average molecular weight is 347 g/mol. The van der Waals surface area contributed by atoms with Crippen molar-refractivity contribution in [3.63, 3.8) is 0 Å². The monoisotopic (exact) mass is 347 g/mol. The van der Waals surface area contributed by atoms with Crippen LogP contribution in [0.4, 0.5) is 5.69 Å². The minimum Gasteiger partial charge on any atom is -0.508 e. The van der Waals surface area contributed by atoms with Crippen molar-refractivity contribution in [3.8, 4) is 22.9 Å². The van der Waals surface area contributed by atoms with E-state index in [1.807, 2.05) is 0 Å². The van der Waals surface area contributed by atoms with E-state index in [2.05, 4.69) is 20.5 Å². The van der Waals surface area contributed by atoms with Crippen molar-refractivity contribution in [2.24, 2.45) is 0 Å². The molecule has 0 bridgehead atoms. The number of hydrogen-bond donors (Lipinski definition) is 3. The van der Waals surface area contributed by atoms with E-state index in [0.29, 0.717) is 22.7 Å². The van der Waals surface area contributed by atoms with Crippen molar-refractivity contribution in [3.05, 3.63) is 66.6 Å². The van der Waals surface area contributed by atoms with Gasteiger partial charge in [0.15, 0.2) is 11.5 Å². The largest absolute Gasteiger partial charge is 0.508 e. The van der Waals surface area contributed by atoms with Gasteiger partial charge >= 0.3 is 0 Å². The van der Waals surface area contributed by atoms with Crippen molar-refractivity contribution < 1.29 is 15.0 Å². The van der Waals surface area contributed by atoms with E-state index < -0.39 is 5.91 Å². The summed E-state index contributed by atoms with van der Waals surface area (Å²) < 4.78 is 1.59. The molecule has 0 saturated heterocycles. The third-order valence-electron chi connectivity index (χ3n) is 3.80. The van der Waals surface area contributed by atoms with Crippen molar-refractivity contribution in [1.29, 1.82) is 0 Å². The molecule has 1 amide bonds. The smallest absolute Gasteiger partial charge is 0.274 e. The molecule has 8 nitrogen and oxygen atoms in total. The maximum atomic E-state index is 12.7. The second-order valence-corrected chi connectivity index (χ2v) is 5.56. The number of fused-ring (bicyclic) bond motifs is 1. The molecule has 0 aliphatic heterocycles. The first-order chi connectivity index (χ1) is 12.6. The number of anilines is 1. The van der Waals surface area contributed by atoms with Gasteiger partial charge in [-0.05, 0) is 48.5 Å². The molecule has 0 aliphatic carbocycles. The van der Waals surface area contributed by atoms with Gasteiger partial charge in [0, 0.05) is 11.3 Å². The lowest BCUT2D eigenvalue weighted by Gasteiger charge is -2.08. The summed E-state index contributed by atoms with van der Waals surface area (Å²) in [5, 5.41) is 29.7. The van der Waals surface area contributed by atoms with E-state index in [0.717, 1.165) is 0 Å². The number of hydrogen-bond acceptors (Lipinski definition) is 6. The van der Waals surface area contributed by atoms with Gasteiger partial charge in [0.2, 0.25) is 0 Å². The van der Waals surface area contributed by atoms with Gasteiger partial charge in [-0.1, -0.05) is 0 Å². The molecule has 4 aromatic rings.